The first-order valence-electron chi connectivity index (χ1n) is 10.7. The van der Waals surface area contributed by atoms with E-state index in [1.165, 1.54) is 0 Å². The predicted molar refractivity (Wildman–Crippen MR) is 133 cm³/mol. The van der Waals surface area contributed by atoms with Crippen LogP contribution in [0.5, 0.6) is 0 Å². The highest BCUT2D eigenvalue weighted by Gasteiger charge is 2.35. The molecule has 0 radical (unpaired) electrons. The number of nitrogens with one attached hydrogen (secondary N) is 3. The van der Waals surface area contributed by atoms with Gasteiger partial charge in [0, 0.05) is 33.5 Å². The molecule has 1 fully saturated rings. The van der Waals surface area contributed by atoms with E-state index in [9.17, 15) is 9.59 Å². The van der Waals surface area contributed by atoms with Gasteiger partial charge in [0.05, 0.1) is 5.41 Å². The summed E-state index contributed by atoms with van der Waals surface area (Å²) >= 11 is 15.8. The summed E-state index contributed by atoms with van der Waals surface area (Å²) in [5.74, 6) is -0.464. The maximum atomic E-state index is 13.4. The van der Waals surface area contributed by atoms with E-state index in [0.29, 0.717) is 22.0 Å². The molecule has 172 valence electrons. The summed E-state index contributed by atoms with van der Waals surface area (Å²) in [5, 5.41) is 10.3. The molecule has 1 heterocycles. The van der Waals surface area contributed by atoms with Crippen LogP contribution in [0.3, 0.4) is 0 Å². The van der Waals surface area contributed by atoms with Crippen molar-refractivity contribution in [3.05, 3.63) is 68.1 Å². The lowest BCUT2D eigenvalue weighted by molar-refractivity contribution is -0.131. The number of hydrogen-bond donors (Lipinski definition) is 3. The van der Waals surface area contributed by atoms with E-state index < -0.39 is 11.5 Å². The number of benzene rings is 2. The van der Waals surface area contributed by atoms with Crippen LogP contribution >= 0.6 is 39.1 Å². The molecule has 0 bridgehead atoms. The monoisotopic (exact) mass is 539 g/mol. The van der Waals surface area contributed by atoms with Gasteiger partial charge in [0.1, 0.15) is 6.04 Å². The van der Waals surface area contributed by atoms with Gasteiger partial charge in [-0.2, -0.15) is 0 Å². The number of amides is 2. The smallest absolute Gasteiger partial charge is 0.243 e. The van der Waals surface area contributed by atoms with Gasteiger partial charge in [0.25, 0.3) is 0 Å². The first kappa shape index (κ1) is 25.0. The van der Waals surface area contributed by atoms with Crippen LogP contribution in [0.4, 0.5) is 0 Å². The lowest BCUT2D eigenvalue weighted by Gasteiger charge is -2.30. The molecule has 0 unspecified atom stereocenters. The maximum Gasteiger partial charge on any atom is 0.243 e. The van der Waals surface area contributed by atoms with Crippen LogP contribution in [0.1, 0.15) is 37.8 Å². The summed E-state index contributed by atoms with van der Waals surface area (Å²) in [7, 11) is 0. The van der Waals surface area contributed by atoms with E-state index in [1.807, 2.05) is 24.3 Å². The van der Waals surface area contributed by atoms with Gasteiger partial charge in [-0.3, -0.25) is 9.59 Å². The Morgan fingerprint density at radius 3 is 2.53 bits per heavy atom. The molecule has 2 amide bonds. The van der Waals surface area contributed by atoms with Crippen molar-refractivity contribution in [2.75, 3.05) is 13.1 Å². The summed E-state index contributed by atoms with van der Waals surface area (Å²) < 4.78 is 0.957. The first-order chi connectivity index (χ1) is 15.2. The van der Waals surface area contributed by atoms with Gasteiger partial charge in [-0.15, -0.1) is 0 Å². The molecule has 32 heavy (non-hydrogen) atoms. The molecule has 8 heteroatoms. The Hall–Kier alpha value is -1.60. The lowest BCUT2D eigenvalue weighted by atomic mass is 9.83. The standard InChI is InChI=1S/C24H28BrCl2N3O2/c1-24(2,19-10-9-17(26)13-20(19)27)23(32)30-21(12-15-5-7-16(25)8-6-15)22(31)29-18-4-3-11-28-14-18/h5-10,13,18,21,28H,3-4,11-12,14H2,1-2H3,(H,29,31)(H,30,32)/t18-,21+/m1/s1. The van der Waals surface area contributed by atoms with E-state index in [4.69, 9.17) is 23.2 Å². The van der Waals surface area contributed by atoms with Gasteiger partial charge in [0.2, 0.25) is 11.8 Å². The number of hydrogen-bond acceptors (Lipinski definition) is 3. The fraction of sp³-hybridized carbons (Fsp3) is 0.417. The summed E-state index contributed by atoms with van der Waals surface area (Å²) in [5.41, 5.74) is 0.657. The molecule has 3 rings (SSSR count). The van der Waals surface area contributed by atoms with Crippen molar-refractivity contribution in [1.29, 1.82) is 0 Å². The lowest BCUT2D eigenvalue weighted by Crippen LogP contribution is -2.56. The van der Waals surface area contributed by atoms with Crippen LogP contribution in [0.2, 0.25) is 10.0 Å². The Morgan fingerprint density at radius 1 is 1.19 bits per heavy atom. The Labute approximate surface area is 207 Å². The molecule has 3 N–H and O–H groups in total. The van der Waals surface area contributed by atoms with Gasteiger partial charge < -0.3 is 16.0 Å². The molecular formula is C24H28BrCl2N3O2. The molecular weight excluding hydrogens is 513 g/mol. The van der Waals surface area contributed by atoms with Gasteiger partial charge in [-0.25, -0.2) is 0 Å². The molecule has 1 saturated heterocycles. The average Bonchev–Trinajstić information content (AvgIpc) is 2.75. The van der Waals surface area contributed by atoms with Gasteiger partial charge >= 0.3 is 0 Å². The van der Waals surface area contributed by atoms with Crippen molar-refractivity contribution in [3.8, 4) is 0 Å². The third kappa shape index (κ3) is 6.47. The second-order valence-corrected chi connectivity index (χ2v) is 10.4. The molecule has 5 nitrogen and oxygen atoms in total. The third-order valence-corrected chi connectivity index (χ3v) is 6.87. The predicted octanol–water partition coefficient (Wildman–Crippen LogP) is 4.63. The zero-order valence-corrected chi connectivity index (χ0v) is 21.3. The Bertz CT molecular complexity index is 960. The molecule has 0 saturated carbocycles. The SMILES string of the molecule is CC(C)(C(=O)N[C@@H](Cc1ccc(Br)cc1)C(=O)N[C@@H]1CCCNC1)c1ccc(Cl)cc1Cl. The van der Waals surface area contributed by atoms with Crippen molar-refractivity contribution in [2.45, 2.75) is 50.6 Å². The summed E-state index contributed by atoms with van der Waals surface area (Å²) in [6, 6.07) is 12.2. The number of halogens is 3. The van der Waals surface area contributed by atoms with Crippen molar-refractivity contribution >= 4 is 50.9 Å². The summed E-state index contributed by atoms with van der Waals surface area (Å²) in [6.45, 7) is 5.27. The second kappa shape index (κ2) is 11.0. The highest BCUT2D eigenvalue weighted by Crippen LogP contribution is 2.32. The van der Waals surface area contributed by atoms with Crippen LogP contribution in [0.25, 0.3) is 0 Å². The van der Waals surface area contributed by atoms with Crippen molar-refractivity contribution in [3.63, 3.8) is 0 Å². The van der Waals surface area contributed by atoms with Crippen molar-refractivity contribution in [1.82, 2.24) is 16.0 Å². The fourth-order valence-corrected chi connectivity index (χ4v) is 4.71. The zero-order valence-electron chi connectivity index (χ0n) is 18.2. The maximum absolute atomic E-state index is 13.4. The quantitative estimate of drug-likeness (QED) is 0.479. The van der Waals surface area contributed by atoms with Crippen LogP contribution in [-0.2, 0) is 21.4 Å². The van der Waals surface area contributed by atoms with Crippen LogP contribution in [0.15, 0.2) is 46.9 Å². The highest BCUT2D eigenvalue weighted by molar-refractivity contribution is 9.10. The molecule has 2 atom stereocenters. The second-order valence-electron chi connectivity index (χ2n) is 8.66. The molecule has 0 aromatic heterocycles. The van der Waals surface area contributed by atoms with E-state index in [2.05, 4.69) is 31.9 Å². The van der Waals surface area contributed by atoms with Crippen molar-refractivity contribution < 1.29 is 9.59 Å². The van der Waals surface area contributed by atoms with Crippen LogP contribution < -0.4 is 16.0 Å². The van der Waals surface area contributed by atoms with E-state index in [-0.39, 0.29) is 17.9 Å². The van der Waals surface area contributed by atoms with Gasteiger partial charge in [0.15, 0.2) is 0 Å². The highest BCUT2D eigenvalue weighted by atomic mass is 79.9. The number of rotatable bonds is 7. The zero-order chi connectivity index (χ0) is 23.3. The minimum Gasteiger partial charge on any atom is -0.350 e. The molecule has 0 aliphatic carbocycles. The summed E-state index contributed by atoms with van der Waals surface area (Å²) in [6.07, 6.45) is 2.32. The Balaban J connectivity index is 1.80. The van der Waals surface area contributed by atoms with Gasteiger partial charge in [-0.05, 0) is 68.6 Å². The van der Waals surface area contributed by atoms with Crippen LogP contribution in [0, 0.1) is 0 Å². The average molecular weight is 541 g/mol. The minimum absolute atomic E-state index is 0.0549. The topological polar surface area (TPSA) is 70.2 Å². The number of carbonyl (C=O) groups is 2. The fourth-order valence-electron chi connectivity index (χ4n) is 3.80. The van der Waals surface area contributed by atoms with E-state index >= 15 is 0 Å². The normalized spacial score (nSPS) is 17.5. The molecule has 1 aliphatic heterocycles. The molecule has 0 spiro atoms. The van der Waals surface area contributed by atoms with Gasteiger partial charge in [-0.1, -0.05) is 57.3 Å². The van der Waals surface area contributed by atoms with E-state index in [1.54, 1.807) is 32.0 Å². The van der Waals surface area contributed by atoms with E-state index in [0.717, 1.165) is 36.0 Å². The Kier molecular flexibility index (Phi) is 8.62. The first-order valence-corrected chi connectivity index (χ1v) is 12.2. The largest absolute Gasteiger partial charge is 0.350 e. The minimum atomic E-state index is -0.952. The molecule has 2 aromatic carbocycles. The summed E-state index contributed by atoms with van der Waals surface area (Å²) in [4.78, 5) is 26.5. The number of carbonyl (C=O) groups excluding carboxylic acids is 2. The number of piperidine rings is 1. The molecule has 1 aliphatic rings. The van der Waals surface area contributed by atoms with Crippen LogP contribution in [-0.4, -0.2) is 37.0 Å². The molecule has 2 aromatic rings. The Morgan fingerprint density at radius 2 is 1.91 bits per heavy atom. The van der Waals surface area contributed by atoms with Crippen molar-refractivity contribution in [2.24, 2.45) is 0 Å². The third-order valence-electron chi connectivity index (χ3n) is 5.79.